The van der Waals surface area contributed by atoms with E-state index in [1.54, 1.807) is 72.1 Å². The molecule has 3 N–H and O–H groups in total. The van der Waals surface area contributed by atoms with Gasteiger partial charge >= 0.3 is 5.97 Å². The number of aromatic carboxylic acids is 1. The molecule has 0 aliphatic heterocycles. The van der Waals surface area contributed by atoms with Crippen molar-refractivity contribution in [1.82, 2.24) is 4.98 Å². The predicted molar refractivity (Wildman–Crippen MR) is 159 cm³/mol. The molecule has 0 aliphatic carbocycles. The van der Waals surface area contributed by atoms with E-state index in [0.29, 0.717) is 32.8 Å². The summed E-state index contributed by atoms with van der Waals surface area (Å²) in [4.78, 5) is 53.1. The molecule has 41 heavy (non-hydrogen) atoms. The van der Waals surface area contributed by atoms with Crippen LogP contribution in [0.4, 0.5) is 16.5 Å². The van der Waals surface area contributed by atoms with E-state index in [4.69, 9.17) is 0 Å². The van der Waals surface area contributed by atoms with Gasteiger partial charge in [-0.2, -0.15) is 0 Å². The first-order valence-corrected chi connectivity index (χ1v) is 13.9. The number of aromatic nitrogens is 1. The van der Waals surface area contributed by atoms with Crippen LogP contribution in [0.5, 0.6) is 0 Å². The van der Waals surface area contributed by atoms with Gasteiger partial charge in [-0.1, -0.05) is 42.5 Å². The first-order valence-electron chi connectivity index (χ1n) is 12.1. The Morgan fingerprint density at radius 1 is 0.927 bits per heavy atom. The fourth-order valence-electron chi connectivity index (χ4n) is 4.12. The molecule has 2 amide bonds. The van der Waals surface area contributed by atoms with Crippen LogP contribution < -0.4 is 10.6 Å². The summed E-state index contributed by atoms with van der Waals surface area (Å²) in [5.41, 5.74) is 1.83. The third-order valence-electron chi connectivity index (χ3n) is 5.94. The van der Waals surface area contributed by atoms with Gasteiger partial charge in [0.05, 0.1) is 21.9 Å². The molecule has 0 saturated carbocycles. The van der Waals surface area contributed by atoms with Gasteiger partial charge in [-0.3, -0.25) is 19.7 Å². The third-order valence-corrected chi connectivity index (χ3v) is 7.70. The lowest BCUT2D eigenvalue weighted by molar-refractivity contribution is -0.384. The van der Waals surface area contributed by atoms with E-state index in [9.17, 15) is 29.6 Å². The van der Waals surface area contributed by atoms with Gasteiger partial charge in [0.1, 0.15) is 0 Å². The minimum absolute atomic E-state index is 0.0426. The van der Waals surface area contributed by atoms with Crippen LogP contribution in [0.2, 0.25) is 0 Å². The number of nitro groups is 1. The average Bonchev–Trinajstić information content (AvgIpc) is 3.44. The molecule has 0 unspecified atom stereocenters. The molecule has 0 aliphatic rings. The Bertz CT molecular complexity index is 1820. The lowest BCUT2D eigenvalue weighted by atomic mass is 9.98. The highest BCUT2D eigenvalue weighted by Crippen LogP contribution is 2.29. The van der Waals surface area contributed by atoms with Crippen LogP contribution in [0.3, 0.4) is 0 Å². The van der Waals surface area contributed by atoms with E-state index in [1.807, 2.05) is 0 Å². The van der Waals surface area contributed by atoms with Gasteiger partial charge in [0, 0.05) is 44.6 Å². The number of carboxylic acid groups (broad SMARTS) is 1. The molecule has 0 atom stereocenters. The largest absolute Gasteiger partial charge is 0.478 e. The minimum atomic E-state index is -1.12. The van der Waals surface area contributed by atoms with Gasteiger partial charge < -0.3 is 15.7 Å². The molecule has 5 aromatic rings. The number of hydrogen-bond acceptors (Lipinski definition) is 8. The number of hydrogen-bond donors (Lipinski definition) is 3. The maximum atomic E-state index is 13.1. The summed E-state index contributed by atoms with van der Waals surface area (Å²) in [5, 5.41) is 29.3. The number of thiazole rings is 1. The molecule has 1 aromatic heterocycles. The van der Waals surface area contributed by atoms with Crippen molar-refractivity contribution >= 4 is 68.2 Å². The van der Waals surface area contributed by atoms with Crippen molar-refractivity contribution in [3.63, 3.8) is 0 Å². The number of carbonyl (C=O) groups excluding carboxylic acids is 2. The number of carboxylic acids is 1. The van der Waals surface area contributed by atoms with Gasteiger partial charge in [-0.05, 0) is 35.7 Å². The van der Waals surface area contributed by atoms with E-state index in [1.165, 1.54) is 41.3 Å². The highest BCUT2D eigenvalue weighted by Gasteiger charge is 2.17. The highest BCUT2D eigenvalue weighted by molar-refractivity contribution is 8.00. The Hall–Kier alpha value is -5.07. The summed E-state index contributed by atoms with van der Waals surface area (Å²) >= 11 is 2.48. The van der Waals surface area contributed by atoms with Gasteiger partial charge in [0.2, 0.25) is 5.91 Å². The number of nitro benzene ring substituents is 1. The number of amides is 2. The Labute approximate surface area is 241 Å². The number of non-ortho nitro benzene ring substituents is 1. The smallest absolute Gasteiger partial charge is 0.336 e. The van der Waals surface area contributed by atoms with Crippen LogP contribution in [0, 0.1) is 10.1 Å². The Balaban J connectivity index is 1.22. The standard InChI is InChI=1S/C29H20N4O6S2/c34-25(32-29-31-24(15-41-29)18-7-1-9-20(13-18)33(38)39)16-40-21-10-4-8-19(14-21)30-27(35)22-11-2-5-17-6-3-12-23(26(17)22)28(36)37/h1-15H,16H2,(H,30,35)(H,36,37)(H,31,32,34). The molecule has 204 valence electrons. The summed E-state index contributed by atoms with van der Waals surface area (Å²) in [5.74, 6) is -1.78. The van der Waals surface area contributed by atoms with Crippen LogP contribution >= 0.6 is 23.1 Å². The number of carbonyl (C=O) groups is 3. The van der Waals surface area contributed by atoms with Crippen molar-refractivity contribution in [1.29, 1.82) is 0 Å². The Morgan fingerprint density at radius 3 is 2.41 bits per heavy atom. The summed E-state index contributed by atoms with van der Waals surface area (Å²) in [6.45, 7) is 0. The molecule has 4 aromatic carbocycles. The average molecular weight is 585 g/mol. The zero-order valence-electron chi connectivity index (χ0n) is 21.1. The van der Waals surface area contributed by atoms with Crippen LogP contribution in [-0.4, -0.2) is 38.6 Å². The maximum Gasteiger partial charge on any atom is 0.336 e. The number of thioether (sulfide) groups is 1. The number of anilines is 2. The fraction of sp³-hybridized carbons (Fsp3) is 0.0345. The number of nitrogens with zero attached hydrogens (tertiary/aromatic N) is 2. The SMILES string of the molecule is O=C(CSc1cccc(NC(=O)c2cccc3cccc(C(=O)O)c23)c1)Nc1nc(-c2cccc([N+](=O)[O-])c2)cs1. The normalized spacial score (nSPS) is 10.7. The van der Waals surface area contributed by atoms with E-state index in [2.05, 4.69) is 15.6 Å². The molecule has 1 heterocycles. The van der Waals surface area contributed by atoms with Crippen LogP contribution in [0.15, 0.2) is 95.2 Å². The van der Waals surface area contributed by atoms with Crippen molar-refractivity contribution in [3.05, 3.63) is 112 Å². The second-order valence-corrected chi connectivity index (χ2v) is 10.6. The van der Waals surface area contributed by atoms with Crippen LogP contribution in [0.1, 0.15) is 20.7 Å². The van der Waals surface area contributed by atoms with Crippen molar-refractivity contribution < 1.29 is 24.4 Å². The molecule has 0 fully saturated rings. The summed E-state index contributed by atoms with van der Waals surface area (Å²) in [7, 11) is 0. The Kier molecular flexibility index (Phi) is 8.04. The first-order chi connectivity index (χ1) is 19.8. The lowest BCUT2D eigenvalue weighted by Gasteiger charge is -2.11. The number of rotatable bonds is 9. The molecule has 5 rings (SSSR count). The van der Waals surface area contributed by atoms with Gasteiger partial charge in [-0.15, -0.1) is 23.1 Å². The molecular formula is C29H20N4O6S2. The molecule has 0 radical (unpaired) electrons. The van der Waals surface area contributed by atoms with Crippen LogP contribution in [-0.2, 0) is 4.79 Å². The fourth-order valence-corrected chi connectivity index (χ4v) is 5.61. The molecule has 12 heteroatoms. The first kappa shape index (κ1) is 27.5. The lowest BCUT2D eigenvalue weighted by Crippen LogP contribution is -2.14. The van der Waals surface area contributed by atoms with E-state index in [-0.39, 0.29) is 28.5 Å². The zero-order valence-corrected chi connectivity index (χ0v) is 22.7. The van der Waals surface area contributed by atoms with Crippen molar-refractivity contribution in [2.75, 3.05) is 16.4 Å². The summed E-state index contributed by atoms with van der Waals surface area (Å²) in [6.07, 6.45) is 0. The number of nitrogens with one attached hydrogen (secondary N) is 2. The summed E-state index contributed by atoms with van der Waals surface area (Å²) in [6, 6.07) is 23.0. The second-order valence-electron chi connectivity index (χ2n) is 8.68. The third kappa shape index (κ3) is 6.40. The molecule has 0 spiro atoms. The number of fused-ring (bicyclic) bond motifs is 1. The minimum Gasteiger partial charge on any atom is -0.478 e. The highest BCUT2D eigenvalue weighted by atomic mass is 32.2. The number of benzene rings is 4. The maximum absolute atomic E-state index is 13.1. The van der Waals surface area contributed by atoms with Crippen LogP contribution in [0.25, 0.3) is 22.0 Å². The van der Waals surface area contributed by atoms with E-state index >= 15 is 0 Å². The Morgan fingerprint density at radius 2 is 1.66 bits per heavy atom. The van der Waals surface area contributed by atoms with Gasteiger partial charge in [-0.25, -0.2) is 9.78 Å². The van der Waals surface area contributed by atoms with Crippen molar-refractivity contribution in [2.45, 2.75) is 4.90 Å². The molecule has 10 nitrogen and oxygen atoms in total. The van der Waals surface area contributed by atoms with Crippen molar-refractivity contribution in [2.24, 2.45) is 0 Å². The zero-order chi connectivity index (χ0) is 28.9. The van der Waals surface area contributed by atoms with E-state index < -0.39 is 16.8 Å². The quantitative estimate of drug-likeness (QED) is 0.100. The van der Waals surface area contributed by atoms with Gasteiger partial charge in [0.25, 0.3) is 11.6 Å². The molecule has 0 saturated heterocycles. The van der Waals surface area contributed by atoms with Crippen molar-refractivity contribution in [3.8, 4) is 11.3 Å². The molecule has 0 bridgehead atoms. The predicted octanol–water partition coefficient (Wildman–Crippen LogP) is 6.55. The topological polar surface area (TPSA) is 152 Å². The second kappa shape index (κ2) is 12.0. The van der Waals surface area contributed by atoms with Gasteiger partial charge in [0.15, 0.2) is 5.13 Å². The van der Waals surface area contributed by atoms with E-state index in [0.717, 1.165) is 4.90 Å². The monoisotopic (exact) mass is 584 g/mol. The molecular weight excluding hydrogens is 564 g/mol. The summed E-state index contributed by atoms with van der Waals surface area (Å²) < 4.78 is 0.